The van der Waals surface area contributed by atoms with E-state index in [9.17, 15) is 9.18 Å². The van der Waals surface area contributed by atoms with Crippen LogP contribution in [-0.2, 0) is 0 Å². The Morgan fingerprint density at radius 3 is 2.31 bits per heavy atom. The van der Waals surface area contributed by atoms with Gasteiger partial charge in [0.15, 0.2) is 0 Å². The van der Waals surface area contributed by atoms with E-state index in [-0.39, 0.29) is 11.8 Å². The number of carbonyl (C=O) groups excluding carboxylic acids is 1. The second kappa shape index (κ2) is 7.95. The van der Waals surface area contributed by atoms with Crippen LogP contribution in [0.2, 0.25) is 0 Å². The van der Waals surface area contributed by atoms with Crippen LogP contribution in [0, 0.1) is 5.82 Å². The average molecular weight is 359 g/mol. The maximum Gasteiger partial charge on any atom is 0.321 e. The largest absolute Gasteiger partial charge is 0.497 e. The number of hydrogen-bond donors (Lipinski definition) is 1. The predicted octanol–water partition coefficient (Wildman–Crippen LogP) is 3.20. The summed E-state index contributed by atoms with van der Waals surface area (Å²) >= 11 is 0. The Balaban J connectivity index is 1.62. The van der Waals surface area contributed by atoms with Crippen LogP contribution in [0.25, 0.3) is 0 Å². The SMILES string of the molecule is COc1ccc(OC)c(N2CCN(C(=O)Nc3ccc(F)cc3)CC2)c1. The van der Waals surface area contributed by atoms with Crippen molar-refractivity contribution in [2.24, 2.45) is 0 Å². The van der Waals surface area contributed by atoms with E-state index in [1.807, 2.05) is 18.2 Å². The maximum absolute atomic E-state index is 13.0. The van der Waals surface area contributed by atoms with Crippen molar-refractivity contribution in [1.29, 1.82) is 0 Å². The normalized spacial score (nSPS) is 14.1. The number of amides is 2. The summed E-state index contributed by atoms with van der Waals surface area (Å²) in [6.45, 7) is 2.52. The molecule has 1 N–H and O–H groups in total. The van der Waals surface area contributed by atoms with E-state index >= 15 is 0 Å². The van der Waals surface area contributed by atoms with Crippen molar-refractivity contribution in [3.05, 3.63) is 48.3 Å². The molecule has 1 saturated heterocycles. The number of rotatable bonds is 4. The molecule has 2 amide bonds. The molecule has 2 aromatic carbocycles. The maximum atomic E-state index is 13.0. The highest BCUT2D eigenvalue weighted by atomic mass is 19.1. The summed E-state index contributed by atoms with van der Waals surface area (Å²) in [5, 5.41) is 2.79. The fraction of sp³-hybridized carbons (Fsp3) is 0.316. The third-order valence-electron chi connectivity index (χ3n) is 4.39. The third-order valence-corrected chi connectivity index (χ3v) is 4.39. The Morgan fingerprint density at radius 1 is 1.00 bits per heavy atom. The van der Waals surface area contributed by atoms with Crippen LogP contribution in [-0.4, -0.2) is 51.3 Å². The Hall–Kier alpha value is -2.96. The number of urea groups is 1. The lowest BCUT2D eigenvalue weighted by Crippen LogP contribution is -2.50. The number of nitrogens with zero attached hydrogens (tertiary/aromatic N) is 2. The molecule has 26 heavy (non-hydrogen) atoms. The summed E-state index contributed by atoms with van der Waals surface area (Å²) in [5.41, 5.74) is 1.53. The monoisotopic (exact) mass is 359 g/mol. The number of nitrogens with one attached hydrogen (secondary N) is 1. The van der Waals surface area contributed by atoms with Gasteiger partial charge in [-0.3, -0.25) is 0 Å². The zero-order valence-electron chi connectivity index (χ0n) is 14.9. The van der Waals surface area contributed by atoms with Crippen LogP contribution < -0.4 is 19.7 Å². The highest BCUT2D eigenvalue weighted by Crippen LogP contribution is 2.32. The number of carbonyl (C=O) groups is 1. The molecule has 7 heteroatoms. The molecule has 0 atom stereocenters. The van der Waals surface area contributed by atoms with Crippen molar-refractivity contribution < 1.29 is 18.7 Å². The van der Waals surface area contributed by atoms with Gasteiger partial charge in [0, 0.05) is 37.9 Å². The van der Waals surface area contributed by atoms with E-state index in [1.54, 1.807) is 31.3 Å². The van der Waals surface area contributed by atoms with Crippen molar-refractivity contribution in [2.45, 2.75) is 0 Å². The molecule has 1 aliphatic rings. The van der Waals surface area contributed by atoms with Gasteiger partial charge in [0.05, 0.1) is 19.9 Å². The molecule has 0 unspecified atom stereocenters. The van der Waals surface area contributed by atoms with E-state index in [0.717, 1.165) is 17.2 Å². The van der Waals surface area contributed by atoms with E-state index in [4.69, 9.17) is 9.47 Å². The zero-order valence-corrected chi connectivity index (χ0v) is 14.9. The minimum Gasteiger partial charge on any atom is -0.497 e. The standard InChI is InChI=1S/C19H22FN3O3/c1-25-16-7-8-18(26-2)17(13-16)22-9-11-23(12-10-22)19(24)21-15-5-3-14(20)4-6-15/h3-8,13H,9-12H2,1-2H3,(H,21,24). The summed E-state index contributed by atoms with van der Waals surface area (Å²) in [4.78, 5) is 16.3. The fourth-order valence-corrected chi connectivity index (χ4v) is 2.93. The van der Waals surface area contributed by atoms with Gasteiger partial charge in [-0.25, -0.2) is 9.18 Å². The summed E-state index contributed by atoms with van der Waals surface area (Å²) in [5.74, 6) is 1.20. The molecule has 3 rings (SSSR count). The van der Waals surface area contributed by atoms with Gasteiger partial charge in [0.2, 0.25) is 0 Å². The molecule has 6 nitrogen and oxygen atoms in total. The summed E-state index contributed by atoms with van der Waals surface area (Å²) in [6, 6.07) is 11.2. The Labute approximate surface area is 152 Å². The Bertz CT molecular complexity index is 759. The zero-order chi connectivity index (χ0) is 18.5. The number of ether oxygens (including phenoxy) is 2. The van der Waals surface area contributed by atoms with Gasteiger partial charge in [0.1, 0.15) is 17.3 Å². The van der Waals surface area contributed by atoms with Crippen LogP contribution in [0.5, 0.6) is 11.5 Å². The topological polar surface area (TPSA) is 54.0 Å². The molecule has 0 aliphatic carbocycles. The molecule has 2 aromatic rings. The number of hydrogen-bond acceptors (Lipinski definition) is 4. The first-order valence-corrected chi connectivity index (χ1v) is 8.39. The number of benzene rings is 2. The number of methoxy groups -OCH3 is 2. The molecule has 0 saturated carbocycles. The highest BCUT2D eigenvalue weighted by Gasteiger charge is 2.23. The van der Waals surface area contributed by atoms with Crippen LogP contribution in [0.4, 0.5) is 20.6 Å². The van der Waals surface area contributed by atoms with Gasteiger partial charge in [-0.15, -0.1) is 0 Å². The second-order valence-corrected chi connectivity index (χ2v) is 5.95. The molecule has 0 spiro atoms. The molecular weight excluding hydrogens is 337 g/mol. The van der Waals surface area contributed by atoms with Gasteiger partial charge >= 0.3 is 6.03 Å². The summed E-state index contributed by atoms with van der Waals surface area (Å²) < 4.78 is 23.7. The van der Waals surface area contributed by atoms with E-state index in [2.05, 4.69) is 10.2 Å². The molecule has 0 bridgehead atoms. The molecule has 1 aliphatic heterocycles. The summed E-state index contributed by atoms with van der Waals surface area (Å²) in [6.07, 6.45) is 0. The van der Waals surface area contributed by atoms with Crippen molar-refractivity contribution in [2.75, 3.05) is 50.6 Å². The Morgan fingerprint density at radius 2 is 1.69 bits per heavy atom. The van der Waals surface area contributed by atoms with Crippen LogP contribution in [0.3, 0.4) is 0 Å². The summed E-state index contributed by atoms with van der Waals surface area (Å²) in [7, 11) is 3.26. The minimum atomic E-state index is -0.330. The van der Waals surface area contributed by atoms with Gasteiger partial charge in [-0.05, 0) is 36.4 Å². The first-order valence-electron chi connectivity index (χ1n) is 8.39. The van der Waals surface area contributed by atoms with Crippen molar-refractivity contribution in [1.82, 2.24) is 4.90 Å². The number of piperazine rings is 1. The molecule has 0 aromatic heterocycles. The van der Waals surface area contributed by atoms with Crippen molar-refractivity contribution in [3.63, 3.8) is 0 Å². The predicted molar refractivity (Wildman–Crippen MR) is 98.8 cm³/mol. The van der Waals surface area contributed by atoms with Gasteiger partial charge in [-0.1, -0.05) is 0 Å². The first kappa shape index (κ1) is 17.8. The lowest BCUT2D eigenvalue weighted by atomic mass is 10.2. The van der Waals surface area contributed by atoms with Gasteiger partial charge in [0.25, 0.3) is 0 Å². The van der Waals surface area contributed by atoms with E-state index < -0.39 is 0 Å². The van der Waals surface area contributed by atoms with Crippen molar-refractivity contribution >= 4 is 17.4 Å². The molecule has 1 heterocycles. The van der Waals surface area contributed by atoms with Crippen LogP contribution in [0.15, 0.2) is 42.5 Å². The smallest absolute Gasteiger partial charge is 0.321 e. The molecular formula is C19H22FN3O3. The highest BCUT2D eigenvalue weighted by molar-refractivity contribution is 5.89. The molecule has 1 fully saturated rings. The van der Waals surface area contributed by atoms with Crippen molar-refractivity contribution in [3.8, 4) is 11.5 Å². The quantitative estimate of drug-likeness (QED) is 0.911. The van der Waals surface area contributed by atoms with E-state index in [0.29, 0.717) is 31.9 Å². The fourth-order valence-electron chi connectivity index (χ4n) is 2.93. The third kappa shape index (κ3) is 3.99. The minimum absolute atomic E-state index is 0.186. The van der Waals surface area contributed by atoms with E-state index in [1.165, 1.54) is 12.1 Å². The van der Waals surface area contributed by atoms with Gasteiger partial charge < -0.3 is 24.6 Å². The first-order chi connectivity index (χ1) is 12.6. The van der Waals surface area contributed by atoms with Crippen LogP contribution in [0.1, 0.15) is 0 Å². The molecule has 138 valence electrons. The van der Waals surface area contributed by atoms with Crippen LogP contribution >= 0.6 is 0 Å². The average Bonchev–Trinajstić information content (AvgIpc) is 2.69. The lowest BCUT2D eigenvalue weighted by molar-refractivity contribution is 0.208. The second-order valence-electron chi connectivity index (χ2n) is 5.95. The number of anilines is 2. The Kier molecular flexibility index (Phi) is 5.46. The van der Waals surface area contributed by atoms with Gasteiger partial charge in [-0.2, -0.15) is 0 Å². The molecule has 0 radical (unpaired) electrons. The lowest BCUT2D eigenvalue weighted by Gasteiger charge is -2.36. The number of halogens is 1.